The van der Waals surface area contributed by atoms with Crippen molar-refractivity contribution < 1.29 is 9.59 Å². The van der Waals surface area contributed by atoms with E-state index >= 15 is 0 Å². The average Bonchev–Trinajstić information content (AvgIpc) is 2.44. The molecule has 1 aliphatic rings. The zero-order valence-corrected chi connectivity index (χ0v) is 12.8. The molecule has 114 valence electrons. The van der Waals surface area contributed by atoms with Gasteiger partial charge in [0.2, 0.25) is 5.91 Å². The van der Waals surface area contributed by atoms with Gasteiger partial charge in [-0.2, -0.15) is 0 Å². The fourth-order valence-electron chi connectivity index (χ4n) is 2.29. The van der Waals surface area contributed by atoms with E-state index < -0.39 is 6.04 Å². The highest BCUT2D eigenvalue weighted by molar-refractivity contribution is 5.89. The highest BCUT2D eigenvalue weighted by atomic mass is 16.2. The van der Waals surface area contributed by atoms with Gasteiger partial charge in [-0.3, -0.25) is 4.79 Å². The Balaban J connectivity index is 2.15. The predicted octanol–water partition coefficient (Wildman–Crippen LogP) is 1.92. The van der Waals surface area contributed by atoms with E-state index in [0.29, 0.717) is 19.6 Å². The maximum atomic E-state index is 12.4. The lowest BCUT2D eigenvalue weighted by Gasteiger charge is -2.36. The summed E-state index contributed by atoms with van der Waals surface area (Å²) in [5, 5.41) is 5.75. The van der Waals surface area contributed by atoms with Crippen molar-refractivity contribution in [2.45, 2.75) is 26.8 Å². The van der Waals surface area contributed by atoms with Gasteiger partial charge in [-0.05, 0) is 11.0 Å². The molecule has 1 fully saturated rings. The number of hydrogen-bond acceptors (Lipinski definition) is 2. The highest BCUT2D eigenvalue weighted by Gasteiger charge is 2.34. The van der Waals surface area contributed by atoms with Crippen LogP contribution in [-0.2, 0) is 4.79 Å². The Morgan fingerprint density at radius 2 is 2.00 bits per heavy atom. The van der Waals surface area contributed by atoms with Crippen molar-refractivity contribution in [3.8, 4) is 0 Å². The quantitative estimate of drug-likeness (QED) is 0.873. The Morgan fingerprint density at radius 3 is 2.62 bits per heavy atom. The Hall–Kier alpha value is -2.04. The van der Waals surface area contributed by atoms with Crippen molar-refractivity contribution >= 4 is 11.9 Å². The monoisotopic (exact) mass is 289 g/mol. The van der Waals surface area contributed by atoms with E-state index in [1.165, 1.54) is 0 Å². The molecular formula is C16H23N3O2. The van der Waals surface area contributed by atoms with Crippen LogP contribution in [0.1, 0.15) is 32.4 Å². The molecule has 0 bridgehead atoms. The van der Waals surface area contributed by atoms with Gasteiger partial charge in [0.25, 0.3) is 0 Å². The fourth-order valence-corrected chi connectivity index (χ4v) is 2.29. The molecule has 0 aromatic heterocycles. The molecule has 0 aliphatic carbocycles. The van der Waals surface area contributed by atoms with Gasteiger partial charge >= 0.3 is 6.03 Å². The van der Waals surface area contributed by atoms with Crippen LogP contribution in [-0.4, -0.2) is 36.5 Å². The van der Waals surface area contributed by atoms with E-state index in [0.717, 1.165) is 5.56 Å². The smallest absolute Gasteiger partial charge is 0.318 e. The Bertz CT molecular complexity index is 508. The standard InChI is InChI=1S/C16H23N3O2/c1-16(2,3)11-18-15(21)19-10-9-17-14(20)13(19)12-7-5-4-6-8-12/h4-8,13H,9-11H2,1-3H3,(H,17,20)(H,18,21). The molecule has 0 radical (unpaired) electrons. The van der Waals surface area contributed by atoms with Crippen molar-refractivity contribution in [1.29, 1.82) is 0 Å². The van der Waals surface area contributed by atoms with Gasteiger partial charge in [0.05, 0.1) is 0 Å². The van der Waals surface area contributed by atoms with Crippen molar-refractivity contribution in [3.63, 3.8) is 0 Å². The molecule has 1 atom stereocenters. The number of amides is 3. The molecule has 2 rings (SSSR count). The lowest BCUT2D eigenvalue weighted by atomic mass is 9.97. The van der Waals surface area contributed by atoms with E-state index in [2.05, 4.69) is 31.4 Å². The van der Waals surface area contributed by atoms with E-state index in [-0.39, 0.29) is 17.4 Å². The maximum Gasteiger partial charge on any atom is 0.318 e. The summed E-state index contributed by atoms with van der Waals surface area (Å²) < 4.78 is 0. The summed E-state index contributed by atoms with van der Waals surface area (Å²) in [5.74, 6) is -0.127. The fraction of sp³-hybridized carbons (Fsp3) is 0.500. The lowest BCUT2D eigenvalue weighted by molar-refractivity contribution is -0.127. The van der Waals surface area contributed by atoms with Crippen molar-refractivity contribution in [3.05, 3.63) is 35.9 Å². The van der Waals surface area contributed by atoms with Crippen LogP contribution in [0, 0.1) is 5.41 Å². The van der Waals surface area contributed by atoms with Gasteiger partial charge in [0.15, 0.2) is 0 Å². The van der Waals surface area contributed by atoms with E-state index in [9.17, 15) is 9.59 Å². The Labute approximate surface area is 125 Å². The summed E-state index contributed by atoms with van der Waals surface area (Å²) >= 11 is 0. The number of nitrogens with one attached hydrogen (secondary N) is 2. The van der Waals surface area contributed by atoms with E-state index in [1.807, 2.05) is 30.3 Å². The number of urea groups is 1. The molecule has 1 aromatic carbocycles. The number of rotatable bonds is 2. The number of nitrogens with zero attached hydrogens (tertiary/aromatic N) is 1. The molecule has 1 saturated heterocycles. The first-order chi connectivity index (χ1) is 9.88. The summed E-state index contributed by atoms with van der Waals surface area (Å²) in [7, 11) is 0. The first-order valence-electron chi connectivity index (χ1n) is 7.25. The third kappa shape index (κ3) is 3.97. The molecule has 1 aliphatic heterocycles. The number of carbonyl (C=O) groups is 2. The van der Waals surface area contributed by atoms with E-state index in [4.69, 9.17) is 0 Å². The van der Waals surface area contributed by atoms with Gasteiger partial charge in [-0.1, -0.05) is 51.1 Å². The lowest BCUT2D eigenvalue weighted by Crippen LogP contribution is -2.55. The molecule has 5 heteroatoms. The zero-order chi connectivity index (χ0) is 15.5. The van der Waals surface area contributed by atoms with Gasteiger partial charge < -0.3 is 15.5 Å². The summed E-state index contributed by atoms with van der Waals surface area (Å²) in [4.78, 5) is 26.2. The van der Waals surface area contributed by atoms with Gasteiger partial charge in [0.1, 0.15) is 6.04 Å². The van der Waals surface area contributed by atoms with Crippen LogP contribution >= 0.6 is 0 Å². The second-order valence-corrected chi connectivity index (χ2v) is 6.52. The first kappa shape index (κ1) is 15.4. The first-order valence-corrected chi connectivity index (χ1v) is 7.25. The van der Waals surface area contributed by atoms with Crippen molar-refractivity contribution in [2.75, 3.05) is 19.6 Å². The van der Waals surface area contributed by atoms with Crippen LogP contribution in [0.25, 0.3) is 0 Å². The molecule has 3 amide bonds. The molecule has 1 unspecified atom stereocenters. The minimum Gasteiger partial charge on any atom is -0.352 e. The van der Waals surface area contributed by atoms with Crippen molar-refractivity contribution in [1.82, 2.24) is 15.5 Å². The molecule has 0 saturated carbocycles. The summed E-state index contributed by atoms with van der Waals surface area (Å²) in [6.07, 6.45) is 0. The molecular weight excluding hydrogens is 266 g/mol. The average molecular weight is 289 g/mol. The highest BCUT2D eigenvalue weighted by Crippen LogP contribution is 2.23. The Morgan fingerprint density at radius 1 is 1.33 bits per heavy atom. The van der Waals surface area contributed by atoms with Crippen molar-refractivity contribution in [2.24, 2.45) is 5.41 Å². The third-order valence-electron chi connectivity index (χ3n) is 3.36. The van der Waals surface area contributed by atoms with Gasteiger partial charge in [0, 0.05) is 19.6 Å². The summed E-state index contributed by atoms with van der Waals surface area (Å²) in [6, 6.07) is 8.66. The minimum absolute atomic E-state index is 0.00987. The van der Waals surface area contributed by atoms with Crippen LogP contribution < -0.4 is 10.6 Å². The van der Waals surface area contributed by atoms with Crippen LogP contribution in [0.3, 0.4) is 0 Å². The minimum atomic E-state index is -0.556. The predicted molar refractivity (Wildman–Crippen MR) is 81.8 cm³/mol. The van der Waals surface area contributed by atoms with Crippen LogP contribution in [0.2, 0.25) is 0 Å². The molecule has 0 spiro atoms. The largest absolute Gasteiger partial charge is 0.352 e. The topological polar surface area (TPSA) is 61.4 Å². The SMILES string of the molecule is CC(C)(C)CNC(=O)N1CCNC(=O)C1c1ccccc1. The van der Waals surface area contributed by atoms with Gasteiger partial charge in [-0.15, -0.1) is 0 Å². The second-order valence-electron chi connectivity index (χ2n) is 6.52. The maximum absolute atomic E-state index is 12.4. The Kier molecular flexibility index (Phi) is 4.50. The number of hydrogen-bond donors (Lipinski definition) is 2. The normalized spacial score (nSPS) is 19.1. The number of benzene rings is 1. The number of piperazine rings is 1. The molecule has 1 aromatic rings. The zero-order valence-electron chi connectivity index (χ0n) is 12.8. The summed E-state index contributed by atoms with van der Waals surface area (Å²) in [6.45, 7) is 7.76. The summed E-state index contributed by atoms with van der Waals surface area (Å²) in [5.41, 5.74) is 0.844. The van der Waals surface area contributed by atoms with Crippen LogP contribution in [0.15, 0.2) is 30.3 Å². The van der Waals surface area contributed by atoms with Crippen LogP contribution in [0.4, 0.5) is 4.79 Å². The van der Waals surface area contributed by atoms with E-state index in [1.54, 1.807) is 4.90 Å². The van der Waals surface area contributed by atoms with Crippen LogP contribution in [0.5, 0.6) is 0 Å². The molecule has 1 heterocycles. The molecule has 2 N–H and O–H groups in total. The molecule has 21 heavy (non-hydrogen) atoms. The molecule has 5 nitrogen and oxygen atoms in total. The van der Waals surface area contributed by atoms with Gasteiger partial charge in [-0.25, -0.2) is 4.79 Å². The number of carbonyl (C=O) groups excluding carboxylic acids is 2. The second kappa shape index (κ2) is 6.16. The third-order valence-corrected chi connectivity index (χ3v) is 3.36.